The Morgan fingerprint density at radius 3 is 2.53 bits per heavy atom. The van der Waals surface area contributed by atoms with Crippen LogP contribution in [0, 0.1) is 5.92 Å². The summed E-state index contributed by atoms with van der Waals surface area (Å²) in [5, 5.41) is 4.78. The highest BCUT2D eigenvalue weighted by Gasteiger charge is 2.31. The van der Waals surface area contributed by atoms with Gasteiger partial charge in [-0.3, -0.25) is 10.1 Å². The molecule has 0 aliphatic rings. The molecule has 0 aliphatic carbocycles. The maximum Gasteiger partial charge on any atom is 0.416 e. The van der Waals surface area contributed by atoms with Gasteiger partial charge in [0.05, 0.1) is 27.4 Å². The zero-order valence-electron chi connectivity index (χ0n) is 16.1. The molecule has 2 aromatic rings. The fraction of sp³-hybridized carbons (Fsp3) is 0.300. The van der Waals surface area contributed by atoms with Gasteiger partial charge in [0.1, 0.15) is 5.75 Å². The average Bonchev–Trinajstić information content (AvgIpc) is 2.63. The van der Waals surface area contributed by atoms with E-state index in [0.717, 1.165) is 24.6 Å². The fourth-order valence-corrected chi connectivity index (χ4v) is 3.15. The summed E-state index contributed by atoms with van der Waals surface area (Å²) in [7, 11) is 0. The molecule has 0 bridgehead atoms. The second-order valence-corrected chi connectivity index (χ2v) is 8.45. The number of hydrogen-bond acceptors (Lipinski definition) is 3. The summed E-state index contributed by atoms with van der Waals surface area (Å²) in [4.78, 5) is 12.4. The van der Waals surface area contributed by atoms with Crippen molar-refractivity contribution in [1.82, 2.24) is 5.32 Å². The van der Waals surface area contributed by atoms with Gasteiger partial charge < -0.3 is 10.1 Å². The Hall–Kier alpha value is -1.84. The molecule has 2 rings (SSSR count). The minimum atomic E-state index is -4.53. The van der Waals surface area contributed by atoms with Gasteiger partial charge in [-0.25, -0.2) is 0 Å². The van der Waals surface area contributed by atoms with Crippen LogP contribution in [0.2, 0.25) is 5.02 Å². The quantitative estimate of drug-likeness (QED) is 0.415. The lowest BCUT2D eigenvalue weighted by molar-refractivity contribution is -0.137. The Morgan fingerprint density at radius 2 is 1.93 bits per heavy atom. The molecular formula is C20H19BrClF3N2O2S. The highest BCUT2D eigenvalue weighted by atomic mass is 79.9. The predicted molar refractivity (Wildman–Crippen MR) is 119 cm³/mol. The topological polar surface area (TPSA) is 50.4 Å². The van der Waals surface area contributed by atoms with Gasteiger partial charge in [0.15, 0.2) is 5.11 Å². The van der Waals surface area contributed by atoms with Crippen molar-refractivity contribution in [2.24, 2.45) is 5.92 Å². The van der Waals surface area contributed by atoms with Gasteiger partial charge >= 0.3 is 6.18 Å². The molecule has 0 aliphatic heterocycles. The molecule has 1 amide bonds. The molecule has 0 saturated heterocycles. The maximum absolute atomic E-state index is 12.9. The molecule has 0 heterocycles. The zero-order chi connectivity index (χ0) is 22.5. The third kappa shape index (κ3) is 7.14. The first-order valence-electron chi connectivity index (χ1n) is 8.88. The Bertz CT molecular complexity index is 939. The SMILES string of the molecule is CC(C)CCOc1ccc(C(=O)NC(=S)Nc2cc(C(F)(F)F)ccc2Cl)cc1Br. The molecule has 2 N–H and O–H groups in total. The highest BCUT2D eigenvalue weighted by Crippen LogP contribution is 2.33. The van der Waals surface area contributed by atoms with Crippen LogP contribution in [0.15, 0.2) is 40.9 Å². The first-order chi connectivity index (χ1) is 14.0. The number of carbonyl (C=O) groups is 1. The minimum absolute atomic E-state index is 0.0326. The molecule has 0 spiro atoms. The monoisotopic (exact) mass is 522 g/mol. The summed E-state index contributed by atoms with van der Waals surface area (Å²) in [6.45, 7) is 4.73. The van der Waals surface area contributed by atoms with E-state index in [9.17, 15) is 18.0 Å². The molecule has 0 radical (unpaired) electrons. The summed E-state index contributed by atoms with van der Waals surface area (Å²) in [6, 6.07) is 7.56. The van der Waals surface area contributed by atoms with Gasteiger partial charge in [-0.05, 0) is 76.9 Å². The lowest BCUT2D eigenvalue weighted by Crippen LogP contribution is -2.34. The smallest absolute Gasteiger partial charge is 0.416 e. The van der Waals surface area contributed by atoms with Gasteiger partial charge in [0.25, 0.3) is 5.91 Å². The number of hydrogen-bond donors (Lipinski definition) is 2. The van der Waals surface area contributed by atoms with Gasteiger partial charge in [0.2, 0.25) is 0 Å². The number of amides is 1. The van der Waals surface area contributed by atoms with Gasteiger partial charge in [-0.2, -0.15) is 13.2 Å². The van der Waals surface area contributed by atoms with Crippen molar-refractivity contribution in [3.05, 3.63) is 57.0 Å². The molecule has 4 nitrogen and oxygen atoms in total. The molecule has 0 unspecified atom stereocenters. The van der Waals surface area contributed by atoms with Gasteiger partial charge in [-0.15, -0.1) is 0 Å². The molecular weight excluding hydrogens is 505 g/mol. The van der Waals surface area contributed by atoms with Crippen LogP contribution in [0.4, 0.5) is 18.9 Å². The average molecular weight is 524 g/mol. The van der Waals surface area contributed by atoms with E-state index in [0.29, 0.717) is 22.7 Å². The van der Waals surface area contributed by atoms with Crippen molar-refractivity contribution in [1.29, 1.82) is 0 Å². The number of anilines is 1. The van der Waals surface area contributed by atoms with Crippen molar-refractivity contribution in [3.63, 3.8) is 0 Å². The molecule has 0 saturated carbocycles. The number of ether oxygens (including phenoxy) is 1. The Balaban J connectivity index is 2.02. The Kier molecular flexibility index (Phi) is 8.52. The van der Waals surface area contributed by atoms with E-state index in [1.54, 1.807) is 18.2 Å². The molecule has 162 valence electrons. The number of nitrogens with one attached hydrogen (secondary N) is 2. The van der Waals surface area contributed by atoms with Gasteiger partial charge in [0, 0.05) is 5.56 Å². The first kappa shape index (κ1) is 24.4. The Morgan fingerprint density at radius 1 is 1.23 bits per heavy atom. The van der Waals surface area contributed by atoms with Crippen molar-refractivity contribution in [2.45, 2.75) is 26.4 Å². The van der Waals surface area contributed by atoms with Crippen molar-refractivity contribution in [2.75, 3.05) is 11.9 Å². The highest BCUT2D eigenvalue weighted by molar-refractivity contribution is 9.10. The third-order valence-electron chi connectivity index (χ3n) is 3.92. The van der Waals surface area contributed by atoms with Crippen molar-refractivity contribution in [3.8, 4) is 5.75 Å². The van der Waals surface area contributed by atoms with E-state index in [1.807, 2.05) is 0 Å². The molecule has 30 heavy (non-hydrogen) atoms. The number of benzene rings is 2. The van der Waals surface area contributed by atoms with Crippen molar-refractivity contribution >= 4 is 56.5 Å². The lowest BCUT2D eigenvalue weighted by Gasteiger charge is -2.14. The zero-order valence-corrected chi connectivity index (χ0v) is 19.2. The van der Waals surface area contributed by atoms with Crippen molar-refractivity contribution < 1.29 is 22.7 Å². The summed E-state index contributed by atoms with van der Waals surface area (Å²) >= 11 is 14.3. The van der Waals surface area contributed by atoms with E-state index in [2.05, 4.69) is 40.4 Å². The normalized spacial score (nSPS) is 11.3. The standard InChI is InChI=1S/C20H19BrClF3N2O2S/c1-11(2)7-8-29-17-6-3-12(9-14(17)21)18(28)27-19(30)26-16-10-13(20(23,24)25)4-5-15(16)22/h3-6,9-11H,7-8H2,1-2H3,(H2,26,27,28,30). The number of thiocarbonyl (C=S) groups is 1. The van der Waals surface area contributed by atoms with Crippen LogP contribution in [0.1, 0.15) is 36.2 Å². The summed E-state index contributed by atoms with van der Waals surface area (Å²) in [6.07, 6.45) is -3.64. The molecule has 10 heteroatoms. The molecule has 0 aromatic heterocycles. The summed E-state index contributed by atoms with van der Waals surface area (Å²) < 4.78 is 44.9. The fourth-order valence-electron chi connectivity index (χ4n) is 2.29. The predicted octanol–water partition coefficient (Wildman–Crippen LogP) is 6.67. The number of rotatable bonds is 6. The first-order valence-corrected chi connectivity index (χ1v) is 10.5. The van der Waals surface area contributed by atoms with Crippen LogP contribution in [0.25, 0.3) is 0 Å². The molecule has 0 fully saturated rings. The Labute approximate surface area is 191 Å². The second kappa shape index (κ2) is 10.5. The number of halogens is 5. The summed E-state index contributed by atoms with van der Waals surface area (Å²) in [5.41, 5.74) is -0.662. The third-order valence-corrected chi connectivity index (χ3v) is 5.07. The maximum atomic E-state index is 12.9. The van der Waals surface area contributed by atoms with Crippen LogP contribution in [0.3, 0.4) is 0 Å². The van der Waals surface area contributed by atoms with Crippen LogP contribution >= 0.6 is 39.7 Å². The van der Waals surface area contributed by atoms with Crippen LogP contribution in [-0.2, 0) is 6.18 Å². The van der Waals surface area contributed by atoms with E-state index >= 15 is 0 Å². The molecule has 0 atom stereocenters. The van der Waals surface area contributed by atoms with Gasteiger partial charge in [-0.1, -0.05) is 25.4 Å². The number of alkyl halides is 3. The lowest BCUT2D eigenvalue weighted by atomic mass is 10.1. The van der Waals surface area contributed by atoms with E-state index < -0.39 is 17.6 Å². The minimum Gasteiger partial charge on any atom is -0.492 e. The van der Waals surface area contributed by atoms with E-state index in [-0.39, 0.29) is 21.4 Å². The summed E-state index contributed by atoms with van der Waals surface area (Å²) in [5.74, 6) is 0.571. The van der Waals surface area contributed by atoms with Crippen LogP contribution in [-0.4, -0.2) is 17.6 Å². The second-order valence-electron chi connectivity index (χ2n) is 6.78. The molecule has 2 aromatic carbocycles. The van der Waals surface area contributed by atoms with Crippen LogP contribution in [0.5, 0.6) is 5.75 Å². The largest absolute Gasteiger partial charge is 0.492 e. The van der Waals surface area contributed by atoms with E-state index in [4.69, 9.17) is 28.6 Å². The van der Waals surface area contributed by atoms with Crippen LogP contribution < -0.4 is 15.4 Å². The van der Waals surface area contributed by atoms with E-state index in [1.165, 1.54) is 0 Å². The number of carbonyl (C=O) groups excluding carboxylic acids is 1.